The Morgan fingerprint density at radius 2 is 1.87 bits per heavy atom. The second kappa shape index (κ2) is 8.41. The Labute approximate surface area is 182 Å². The van der Waals surface area contributed by atoms with Gasteiger partial charge in [-0.1, -0.05) is 30.0 Å². The summed E-state index contributed by atoms with van der Waals surface area (Å²) in [6.07, 6.45) is 1.33. The predicted octanol–water partition coefficient (Wildman–Crippen LogP) is 1.46. The lowest BCUT2D eigenvalue weighted by molar-refractivity contribution is -0.113. The molecule has 0 saturated heterocycles. The first-order chi connectivity index (χ1) is 14.8. The van der Waals surface area contributed by atoms with Crippen LogP contribution in [0.15, 0.2) is 69.6 Å². The lowest BCUT2D eigenvalue weighted by Crippen LogP contribution is -2.39. The summed E-state index contributed by atoms with van der Waals surface area (Å²) in [6, 6.07) is 13.4. The largest absolute Gasteiger partial charge is 0.370 e. The van der Waals surface area contributed by atoms with Gasteiger partial charge in [0.05, 0.1) is 10.6 Å². The molecule has 31 heavy (non-hydrogen) atoms. The number of amidine groups is 1. The van der Waals surface area contributed by atoms with Gasteiger partial charge >= 0.3 is 0 Å². The molecule has 4 rings (SSSR count). The number of anilines is 1. The van der Waals surface area contributed by atoms with Gasteiger partial charge in [0.25, 0.3) is 0 Å². The minimum Gasteiger partial charge on any atom is -0.370 e. The summed E-state index contributed by atoms with van der Waals surface area (Å²) in [6.45, 7) is 0. The van der Waals surface area contributed by atoms with Crippen LogP contribution < -0.4 is 21.5 Å². The second-order valence-corrected chi connectivity index (χ2v) is 9.17. The Kier molecular flexibility index (Phi) is 5.67. The molecule has 0 spiro atoms. The number of thioether (sulfide) groups is 1. The van der Waals surface area contributed by atoms with E-state index in [1.807, 2.05) is 30.5 Å². The Hall–Kier alpha value is -3.35. The summed E-state index contributed by atoms with van der Waals surface area (Å²) in [4.78, 5) is 24.4. The summed E-state index contributed by atoms with van der Waals surface area (Å²) in [5.41, 5.74) is 8.23. The van der Waals surface area contributed by atoms with Gasteiger partial charge in [-0.25, -0.2) is 23.5 Å². The Morgan fingerprint density at radius 1 is 1.13 bits per heavy atom. The molecule has 1 atom stereocenters. The van der Waals surface area contributed by atoms with Crippen molar-refractivity contribution in [2.24, 2.45) is 20.9 Å². The molecule has 2 aromatic carbocycles. The first-order valence-electron chi connectivity index (χ1n) is 9.09. The van der Waals surface area contributed by atoms with Crippen LogP contribution in [0.2, 0.25) is 0 Å². The molecule has 1 aromatic heterocycles. The number of para-hydroxylation sites is 1. The molecule has 1 aliphatic rings. The highest BCUT2D eigenvalue weighted by atomic mass is 32.2. The molecule has 1 aliphatic heterocycles. The fourth-order valence-corrected chi connectivity index (χ4v) is 4.23. The zero-order valence-electron chi connectivity index (χ0n) is 16.1. The van der Waals surface area contributed by atoms with E-state index in [4.69, 9.17) is 10.9 Å². The summed E-state index contributed by atoms with van der Waals surface area (Å²) < 4.78 is 22.6. The Balaban J connectivity index is 1.41. The Bertz CT molecular complexity index is 1300. The molecule has 3 aromatic rings. The van der Waals surface area contributed by atoms with Crippen LogP contribution in [0, 0.1) is 0 Å². The highest BCUT2D eigenvalue weighted by Gasteiger charge is 2.20. The number of hydrogen-bond acceptors (Lipinski definition) is 8. The number of rotatable bonds is 5. The third kappa shape index (κ3) is 4.87. The lowest BCUT2D eigenvalue weighted by atomic mass is 10.1. The van der Waals surface area contributed by atoms with E-state index in [1.165, 1.54) is 36.0 Å². The molecule has 160 valence electrons. The van der Waals surface area contributed by atoms with Crippen LogP contribution in [0.4, 0.5) is 5.69 Å². The number of fused-ring (bicyclic) bond motifs is 1. The summed E-state index contributed by atoms with van der Waals surface area (Å²) in [5, 5.41) is 12.1. The van der Waals surface area contributed by atoms with Gasteiger partial charge in [0, 0.05) is 28.4 Å². The number of primary sulfonamides is 1. The van der Waals surface area contributed by atoms with Crippen LogP contribution in [0.3, 0.4) is 0 Å². The number of nitrogens with two attached hydrogens (primary N) is 2. The van der Waals surface area contributed by atoms with Crippen molar-refractivity contribution in [3.05, 3.63) is 60.3 Å². The number of carbonyl (C=O) groups is 1. The van der Waals surface area contributed by atoms with Gasteiger partial charge in [-0.05, 0) is 30.3 Å². The summed E-state index contributed by atoms with van der Waals surface area (Å²) in [7, 11) is -3.78. The quantitative estimate of drug-likeness (QED) is 0.389. The van der Waals surface area contributed by atoms with E-state index in [9.17, 15) is 13.2 Å². The van der Waals surface area contributed by atoms with Crippen molar-refractivity contribution in [1.82, 2.24) is 10.3 Å². The number of aromatic amines is 1. The average molecular weight is 458 g/mol. The number of nitrogens with zero attached hydrogens (tertiary/aromatic N) is 2. The molecule has 0 bridgehead atoms. The van der Waals surface area contributed by atoms with E-state index in [2.05, 4.69) is 25.6 Å². The van der Waals surface area contributed by atoms with Crippen LogP contribution in [0.1, 0.15) is 11.7 Å². The maximum atomic E-state index is 12.3. The fourth-order valence-electron chi connectivity index (χ4n) is 3.02. The van der Waals surface area contributed by atoms with Crippen LogP contribution in [-0.4, -0.2) is 36.2 Å². The fraction of sp³-hybridized carbons (Fsp3) is 0.105. The van der Waals surface area contributed by atoms with Gasteiger partial charge in [0.15, 0.2) is 17.3 Å². The van der Waals surface area contributed by atoms with Crippen molar-refractivity contribution in [3.8, 4) is 0 Å². The zero-order valence-corrected chi connectivity index (χ0v) is 17.7. The van der Waals surface area contributed by atoms with Gasteiger partial charge in [-0.15, -0.1) is 0 Å². The van der Waals surface area contributed by atoms with E-state index in [-0.39, 0.29) is 22.5 Å². The number of H-pyrrole nitrogens is 1. The minimum absolute atomic E-state index is 0.0290. The number of guanidine groups is 1. The first-order valence-corrected chi connectivity index (χ1v) is 11.6. The molecule has 0 radical (unpaired) electrons. The molecule has 2 heterocycles. The number of sulfonamides is 1. The predicted molar refractivity (Wildman–Crippen MR) is 122 cm³/mol. The normalized spacial score (nSPS) is 16.4. The minimum atomic E-state index is -3.78. The third-order valence-electron chi connectivity index (χ3n) is 4.44. The molecule has 0 saturated carbocycles. The van der Waals surface area contributed by atoms with Crippen LogP contribution >= 0.6 is 11.8 Å². The molecule has 0 fully saturated rings. The molecule has 1 unspecified atom stereocenters. The third-order valence-corrected chi connectivity index (χ3v) is 6.26. The second-order valence-electron chi connectivity index (χ2n) is 6.64. The molecular weight excluding hydrogens is 438 g/mol. The van der Waals surface area contributed by atoms with Crippen molar-refractivity contribution in [2.75, 3.05) is 11.1 Å². The van der Waals surface area contributed by atoms with Crippen LogP contribution in [0.25, 0.3) is 10.9 Å². The number of amides is 1. The van der Waals surface area contributed by atoms with Gasteiger partial charge in [0.2, 0.25) is 15.9 Å². The molecular formula is C19H19N7O3S2. The zero-order chi connectivity index (χ0) is 22.0. The summed E-state index contributed by atoms with van der Waals surface area (Å²) >= 11 is 1.18. The van der Waals surface area contributed by atoms with Crippen molar-refractivity contribution >= 4 is 55.4 Å². The molecule has 10 nitrogen and oxygen atoms in total. The van der Waals surface area contributed by atoms with Crippen LogP contribution in [-0.2, 0) is 14.8 Å². The van der Waals surface area contributed by atoms with E-state index in [1.54, 1.807) is 0 Å². The van der Waals surface area contributed by atoms with Crippen molar-refractivity contribution < 1.29 is 13.2 Å². The monoisotopic (exact) mass is 457 g/mol. The standard InChI is InChI=1S/C19H19N7O3S2/c20-18-24-17(14-9-22-15-4-2-1-3-13(14)15)25-19(26-18)30-10-16(27)23-11-5-7-12(8-6-11)31(21,28)29/h1-9,17,22H,10H2,(H,23,27)(H2,21,28,29)(H3,20,24,25,26). The number of aliphatic imine (C=N–C) groups is 2. The molecule has 12 heteroatoms. The molecule has 0 aliphatic carbocycles. The van der Waals surface area contributed by atoms with E-state index in [0.717, 1.165) is 16.5 Å². The highest BCUT2D eigenvalue weighted by Crippen LogP contribution is 2.29. The lowest BCUT2D eigenvalue weighted by Gasteiger charge is -2.18. The van der Waals surface area contributed by atoms with Crippen LogP contribution in [0.5, 0.6) is 0 Å². The topological polar surface area (TPSA) is 168 Å². The average Bonchev–Trinajstić information content (AvgIpc) is 3.16. The van der Waals surface area contributed by atoms with Gasteiger partial charge in [-0.3, -0.25) is 4.79 Å². The maximum Gasteiger partial charge on any atom is 0.238 e. The van der Waals surface area contributed by atoms with Gasteiger partial charge in [-0.2, -0.15) is 0 Å². The van der Waals surface area contributed by atoms with Crippen molar-refractivity contribution in [3.63, 3.8) is 0 Å². The first kappa shape index (κ1) is 20.9. The summed E-state index contributed by atoms with van der Waals surface area (Å²) in [5.74, 6) is -0.00854. The molecule has 1 amide bonds. The van der Waals surface area contributed by atoms with Crippen molar-refractivity contribution in [2.45, 2.75) is 11.1 Å². The number of benzene rings is 2. The van der Waals surface area contributed by atoms with E-state index in [0.29, 0.717) is 10.9 Å². The highest BCUT2D eigenvalue weighted by molar-refractivity contribution is 8.14. The van der Waals surface area contributed by atoms with Gasteiger partial charge in [0.1, 0.15) is 0 Å². The Morgan fingerprint density at radius 3 is 2.61 bits per heavy atom. The SMILES string of the molecule is NC1=NC(c2c[nH]c3ccccc23)N=C(SCC(=O)Nc2ccc(S(N)(=O)=O)cc2)N1. The van der Waals surface area contributed by atoms with Crippen molar-refractivity contribution in [1.29, 1.82) is 0 Å². The maximum absolute atomic E-state index is 12.3. The number of hydrogen-bond donors (Lipinski definition) is 5. The number of aromatic nitrogens is 1. The smallest absolute Gasteiger partial charge is 0.238 e. The van der Waals surface area contributed by atoms with E-state index >= 15 is 0 Å². The molecule has 7 N–H and O–H groups in total. The van der Waals surface area contributed by atoms with E-state index < -0.39 is 16.2 Å². The van der Waals surface area contributed by atoms with Gasteiger partial charge < -0.3 is 21.4 Å². The number of carbonyl (C=O) groups excluding carboxylic acids is 1. The number of nitrogens with one attached hydrogen (secondary N) is 3.